The van der Waals surface area contributed by atoms with Crippen molar-refractivity contribution in [2.24, 2.45) is 0 Å². The van der Waals surface area contributed by atoms with Crippen LogP contribution in [0.5, 0.6) is 0 Å². The van der Waals surface area contributed by atoms with Gasteiger partial charge in [0.2, 0.25) is 0 Å². The molecule has 0 atom stereocenters. The van der Waals surface area contributed by atoms with Gasteiger partial charge in [0.15, 0.2) is 0 Å². The topological polar surface area (TPSA) is 110 Å². The van der Waals surface area contributed by atoms with Gasteiger partial charge in [-0.25, -0.2) is 4.79 Å². The van der Waals surface area contributed by atoms with Gasteiger partial charge in [-0.3, -0.25) is 9.59 Å². The van der Waals surface area contributed by atoms with Gasteiger partial charge in [0.1, 0.15) is 11.2 Å². The molecule has 7 nitrogen and oxygen atoms in total. The van der Waals surface area contributed by atoms with E-state index in [1.54, 1.807) is 41.5 Å². The van der Waals surface area contributed by atoms with Gasteiger partial charge >= 0.3 is 18.1 Å². The maximum atomic E-state index is 11.0. The van der Waals surface area contributed by atoms with Crippen LogP contribution >= 0.6 is 0 Å². The molecule has 0 fully saturated rings. The predicted molar refractivity (Wildman–Crippen MR) is 90.0 cm³/mol. The molecule has 2 N–H and O–H groups in total. The van der Waals surface area contributed by atoms with Crippen LogP contribution in [0.4, 0.5) is 4.79 Å². The molecule has 0 amide bonds. The van der Waals surface area contributed by atoms with E-state index in [0.717, 1.165) is 12.8 Å². The third-order valence-electron chi connectivity index (χ3n) is 2.31. The molecular formula is C17H32O7. The highest BCUT2D eigenvalue weighted by atomic mass is 16.7. The third kappa shape index (κ3) is 25.2. The van der Waals surface area contributed by atoms with Crippen molar-refractivity contribution < 1.29 is 34.1 Å². The summed E-state index contributed by atoms with van der Waals surface area (Å²) in [4.78, 5) is 31.1. The van der Waals surface area contributed by atoms with Crippen LogP contribution in [-0.2, 0) is 19.1 Å². The van der Waals surface area contributed by atoms with E-state index in [1.807, 2.05) is 0 Å². The average Bonchev–Trinajstić information content (AvgIpc) is 2.28. The molecule has 0 aromatic rings. The first-order valence-electron chi connectivity index (χ1n) is 8.08. The lowest BCUT2D eigenvalue weighted by Gasteiger charge is -2.24. The largest absolute Gasteiger partial charge is 0.509 e. The first-order valence-corrected chi connectivity index (χ1v) is 8.08. The first-order chi connectivity index (χ1) is 10.7. The predicted octanol–water partition coefficient (Wildman–Crippen LogP) is 4.23. The Balaban J connectivity index is 0. The fourth-order valence-electron chi connectivity index (χ4n) is 1.43. The average molecular weight is 348 g/mol. The molecule has 0 aliphatic heterocycles. The summed E-state index contributed by atoms with van der Waals surface area (Å²) < 4.78 is 9.91. The third-order valence-corrected chi connectivity index (χ3v) is 2.31. The SMILES string of the molecule is CC(C)(C)OC(=O)OC(C)(C)C.O=C(O)CCCCCCC(=O)O. The second-order valence-corrected chi connectivity index (χ2v) is 7.38. The molecular weight excluding hydrogens is 316 g/mol. The number of ether oxygens (including phenoxy) is 2. The summed E-state index contributed by atoms with van der Waals surface area (Å²) in [7, 11) is 0. The van der Waals surface area contributed by atoms with Crippen LogP contribution in [0.25, 0.3) is 0 Å². The number of unbranched alkanes of at least 4 members (excludes halogenated alkanes) is 3. The number of hydrogen-bond acceptors (Lipinski definition) is 5. The van der Waals surface area contributed by atoms with Gasteiger partial charge in [0.25, 0.3) is 0 Å². The zero-order valence-electron chi connectivity index (χ0n) is 15.7. The molecule has 142 valence electrons. The van der Waals surface area contributed by atoms with Gasteiger partial charge in [0, 0.05) is 12.8 Å². The van der Waals surface area contributed by atoms with Crippen LogP contribution in [0.2, 0.25) is 0 Å². The number of hydrogen-bond donors (Lipinski definition) is 2. The van der Waals surface area contributed by atoms with Crippen molar-refractivity contribution in [3.05, 3.63) is 0 Å². The van der Waals surface area contributed by atoms with Crippen molar-refractivity contribution in [1.82, 2.24) is 0 Å². The Hall–Kier alpha value is -1.79. The van der Waals surface area contributed by atoms with Crippen LogP contribution < -0.4 is 0 Å². The van der Waals surface area contributed by atoms with Crippen LogP contribution in [0.1, 0.15) is 80.1 Å². The van der Waals surface area contributed by atoms with E-state index in [0.29, 0.717) is 12.8 Å². The van der Waals surface area contributed by atoms with E-state index >= 15 is 0 Å². The minimum absolute atomic E-state index is 0.188. The van der Waals surface area contributed by atoms with Gasteiger partial charge in [-0.1, -0.05) is 12.8 Å². The summed E-state index contributed by atoms with van der Waals surface area (Å²) in [6, 6.07) is 0. The quantitative estimate of drug-likeness (QED) is 0.523. The van der Waals surface area contributed by atoms with Crippen molar-refractivity contribution in [1.29, 1.82) is 0 Å². The van der Waals surface area contributed by atoms with Crippen molar-refractivity contribution >= 4 is 18.1 Å². The Morgan fingerprint density at radius 3 is 1.17 bits per heavy atom. The van der Waals surface area contributed by atoms with Gasteiger partial charge in [0.05, 0.1) is 0 Å². The first kappa shape index (κ1) is 24.5. The number of carboxylic acids is 2. The fraction of sp³-hybridized carbons (Fsp3) is 0.824. The number of carbonyl (C=O) groups is 3. The summed E-state index contributed by atoms with van der Waals surface area (Å²) in [5, 5.41) is 16.5. The molecule has 0 bridgehead atoms. The maximum absolute atomic E-state index is 11.0. The van der Waals surface area contributed by atoms with E-state index in [4.69, 9.17) is 19.7 Å². The van der Waals surface area contributed by atoms with E-state index in [9.17, 15) is 14.4 Å². The summed E-state index contributed by atoms with van der Waals surface area (Å²) in [5.41, 5.74) is -0.968. The summed E-state index contributed by atoms with van der Waals surface area (Å²) >= 11 is 0. The van der Waals surface area contributed by atoms with Gasteiger partial charge < -0.3 is 19.7 Å². The zero-order chi connectivity index (χ0) is 19.4. The van der Waals surface area contributed by atoms with Crippen LogP contribution in [0, 0.1) is 0 Å². The molecule has 0 saturated heterocycles. The van der Waals surface area contributed by atoms with E-state index in [2.05, 4.69) is 0 Å². The Labute approximate surface area is 144 Å². The van der Waals surface area contributed by atoms with Crippen LogP contribution in [0.3, 0.4) is 0 Å². The van der Waals surface area contributed by atoms with Gasteiger partial charge in [-0.2, -0.15) is 0 Å². The Bertz CT molecular complexity index is 353. The molecule has 0 spiro atoms. The van der Waals surface area contributed by atoms with Crippen LogP contribution in [-0.4, -0.2) is 39.5 Å². The molecule has 0 rings (SSSR count). The normalized spacial score (nSPS) is 11.1. The molecule has 0 radical (unpaired) electrons. The lowest BCUT2D eigenvalue weighted by Crippen LogP contribution is -2.30. The fourth-order valence-corrected chi connectivity index (χ4v) is 1.43. The lowest BCUT2D eigenvalue weighted by atomic mass is 10.1. The zero-order valence-corrected chi connectivity index (χ0v) is 15.7. The van der Waals surface area contributed by atoms with Gasteiger partial charge in [-0.15, -0.1) is 0 Å². The smallest absolute Gasteiger partial charge is 0.481 e. The highest BCUT2D eigenvalue weighted by molar-refractivity contribution is 5.66. The Morgan fingerprint density at radius 2 is 0.958 bits per heavy atom. The molecule has 7 heteroatoms. The minimum Gasteiger partial charge on any atom is -0.481 e. The number of aliphatic carboxylic acids is 2. The second-order valence-electron chi connectivity index (χ2n) is 7.38. The van der Waals surface area contributed by atoms with E-state index in [-0.39, 0.29) is 12.8 Å². The Morgan fingerprint density at radius 1 is 0.667 bits per heavy atom. The summed E-state index contributed by atoms with van der Waals surface area (Å²) in [6.45, 7) is 10.8. The monoisotopic (exact) mass is 348 g/mol. The molecule has 0 aliphatic rings. The molecule has 0 heterocycles. The van der Waals surface area contributed by atoms with Crippen molar-refractivity contribution in [3.63, 3.8) is 0 Å². The second kappa shape index (κ2) is 11.7. The highest BCUT2D eigenvalue weighted by Gasteiger charge is 2.22. The summed E-state index contributed by atoms with van der Waals surface area (Å²) in [5.74, 6) is -1.57. The number of carbonyl (C=O) groups excluding carboxylic acids is 1. The molecule has 0 aromatic heterocycles. The molecule has 0 unspecified atom stereocenters. The molecule has 0 aliphatic carbocycles. The highest BCUT2D eigenvalue weighted by Crippen LogP contribution is 2.13. The standard InChI is InChI=1S/C9H18O3.C8H14O4/c1-8(2,3)11-7(10)12-9(4,5)6;9-7(10)5-3-1-2-4-6-8(11)12/h1-6H3;1-6H2,(H,9,10)(H,11,12). The number of rotatable bonds is 7. The van der Waals surface area contributed by atoms with E-state index in [1.165, 1.54) is 0 Å². The van der Waals surface area contributed by atoms with Crippen LogP contribution in [0.15, 0.2) is 0 Å². The molecule has 24 heavy (non-hydrogen) atoms. The summed E-state index contributed by atoms with van der Waals surface area (Å²) in [6.07, 6.45) is 2.67. The Kier molecular flexibility index (Phi) is 11.9. The molecule has 0 aromatic carbocycles. The lowest BCUT2D eigenvalue weighted by molar-refractivity contribution is -0.138. The van der Waals surface area contributed by atoms with Crippen molar-refractivity contribution in [2.75, 3.05) is 0 Å². The van der Waals surface area contributed by atoms with Crippen molar-refractivity contribution in [2.45, 2.75) is 91.3 Å². The molecule has 0 saturated carbocycles. The number of carboxylic acid groups (broad SMARTS) is 2. The maximum Gasteiger partial charge on any atom is 0.509 e. The van der Waals surface area contributed by atoms with Crippen molar-refractivity contribution in [3.8, 4) is 0 Å². The minimum atomic E-state index is -0.784. The van der Waals surface area contributed by atoms with Gasteiger partial charge in [-0.05, 0) is 54.4 Å². The van der Waals surface area contributed by atoms with E-state index < -0.39 is 29.3 Å².